The number of carbonyl (C=O) groups excluding carboxylic acids is 1. The number of aromatic nitrogens is 2. The topological polar surface area (TPSA) is 35.1 Å². The molecule has 1 aromatic heterocycles. The van der Waals surface area contributed by atoms with Gasteiger partial charge in [0.2, 0.25) is 12.1 Å². The average Bonchev–Trinajstić information content (AvgIpc) is 3.59. The van der Waals surface area contributed by atoms with Crippen LogP contribution < -0.4 is 9.30 Å². The minimum absolute atomic E-state index is 0.122. The first-order valence-electron chi connectivity index (χ1n) is 12.0. The van der Waals surface area contributed by atoms with E-state index in [1.807, 2.05) is 36.4 Å². The van der Waals surface area contributed by atoms with Crippen molar-refractivity contribution in [1.82, 2.24) is 4.57 Å². The molecule has 166 valence electrons. The molecule has 0 amide bonds. The summed E-state index contributed by atoms with van der Waals surface area (Å²) in [6.07, 6.45) is 5.29. The Morgan fingerprint density at radius 2 is 1.76 bits per heavy atom. The second-order valence-electron chi connectivity index (χ2n) is 9.44. The number of Topliss-reactive ketones (excluding diaryl/α,β-unsaturated/α-hetero) is 1. The van der Waals surface area contributed by atoms with Gasteiger partial charge in [-0.3, -0.25) is 4.79 Å². The van der Waals surface area contributed by atoms with E-state index in [0.29, 0.717) is 6.54 Å². The van der Waals surface area contributed by atoms with E-state index in [1.54, 1.807) is 0 Å². The van der Waals surface area contributed by atoms with Crippen LogP contribution >= 0.6 is 0 Å². The van der Waals surface area contributed by atoms with Crippen LogP contribution in [0.1, 0.15) is 39.5 Å². The van der Waals surface area contributed by atoms with Gasteiger partial charge in [-0.05, 0) is 59.0 Å². The zero-order valence-corrected chi connectivity index (χ0v) is 18.9. The zero-order chi connectivity index (χ0) is 22.6. The van der Waals surface area contributed by atoms with Crippen molar-refractivity contribution < 1.29 is 14.1 Å². The van der Waals surface area contributed by atoms with E-state index in [0.717, 1.165) is 59.0 Å². The van der Waals surface area contributed by atoms with Crippen molar-refractivity contribution in [3.63, 3.8) is 0 Å². The van der Waals surface area contributed by atoms with Crippen molar-refractivity contribution in [2.45, 2.75) is 31.8 Å². The van der Waals surface area contributed by atoms with Crippen molar-refractivity contribution >= 4 is 27.6 Å². The molecule has 34 heavy (non-hydrogen) atoms. The quantitative estimate of drug-likeness (QED) is 0.273. The third-order valence-corrected chi connectivity index (χ3v) is 7.45. The predicted octanol–water partition coefficient (Wildman–Crippen LogP) is 5.44. The molecular formula is C30H25N2O2+. The lowest BCUT2D eigenvalue weighted by Gasteiger charge is -2.10. The maximum Gasteiger partial charge on any atom is 0.245 e. The van der Waals surface area contributed by atoms with Gasteiger partial charge in [-0.1, -0.05) is 54.6 Å². The van der Waals surface area contributed by atoms with Crippen LogP contribution in [0.4, 0.5) is 0 Å². The van der Waals surface area contributed by atoms with E-state index < -0.39 is 0 Å². The van der Waals surface area contributed by atoms with E-state index in [-0.39, 0.29) is 11.8 Å². The minimum Gasteiger partial charge on any atom is -0.493 e. The highest BCUT2D eigenvalue weighted by molar-refractivity contribution is 5.99. The maximum atomic E-state index is 13.3. The van der Waals surface area contributed by atoms with Gasteiger partial charge in [0.15, 0.2) is 17.6 Å². The molecule has 1 aliphatic carbocycles. The third-order valence-electron chi connectivity index (χ3n) is 7.45. The molecule has 5 aromatic rings. The number of benzene rings is 4. The van der Waals surface area contributed by atoms with Crippen LogP contribution in [0.5, 0.6) is 5.75 Å². The molecule has 2 aliphatic rings. The smallest absolute Gasteiger partial charge is 0.245 e. The molecule has 0 N–H and O–H groups in total. The summed E-state index contributed by atoms with van der Waals surface area (Å²) in [5, 5.41) is 2.25. The van der Waals surface area contributed by atoms with Gasteiger partial charge in [-0.25, -0.2) is 9.13 Å². The zero-order valence-electron chi connectivity index (χ0n) is 18.9. The fraction of sp³-hybridized carbons (Fsp3) is 0.200. The van der Waals surface area contributed by atoms with Crippen molar-refractivity contribution in [3.8, 4) is 5.75 Å². The molecule has 1 unspecified atom stereocenters. The maximum absolute atomic E-state index is 13.3. The van der Waals surface area contributed by atoms with Gasteiger partial charge in [-0.15, -0.1) is 0 Å². The molecule has 0 fully saturated rings. The summed E-state index contributed by atoms with van der Waals surface area (Å²) in [5.74, 6) is 1.16. The Morgan fingerprint density at radius 1 is 0.912 bits per heavy atom. The fourth-order valence-electron chi connectivity index (χ4n) is 5.74. The van der Waals surface area contributed by atoms with Crippen LogP contribution in [0.2, 0.25) is 0 Å². The molecule has 0 saturated carbocycles. The third kappa shape index (κ3) is 3.06. The molecule has 4 nitrogen and oxygen atoms in total. The van der Waals surface area contributed by atoms with Gasteiger partial charge in [0, 0.05) is 17.5 Å². The average molecular weight is 446 g/mol. The van der Waals surface area contributed by atoms with Crippen molar-refractivity contribution in [2.75, 3.05) is 6.61 Å². The minimum atomic E-state index is 0.122. The van der Waals surface area contributed by atoms with Crippen molar-refractivity contribution in [1.29, 1.82) is 0 Å². The molecule has 4 aromatic carbocycles. The molecule has 7 rings (SSSR count). The highest BCUT2D eigenvalue weighted by Crippen LogP contribution is 2.40. The number of rotatable bonds is 4. The number of nitrogens with zero attached hydrogens (tertiary/aromatic N) is 2. The van der Waals surface area contributed by atoms with Crippen LogP contribution in [-0.4, -0.2) is 17.0 Å². The Labute approximate surface area is 198 Å². The summed E-state index contributed by atoms with van der Waals surface area (Å²) in [6, 6.07) is 27.4. The molecule has 2 heterocycles. The number of fused-ring (bicyclic) bond motifs is 4. The monoisotopic (exact) mass is 445 g/mol. The Kier molecular flexibility index (Phi) is 4.34. The fourth-order valence-corrected chi connectivity index (χ4v) is 5.74. The number of ketones is 1. The van der Waals surface area contributed by atoms with Gasteiger partial charge in [0.1, 0.15) is 11.8 Å². The molecule has 0 spiro atoms. The Balaban J connectivity index is 1.27. The summed E-state index contributed by atoms with van der Waals surface area (Å²) in [5.41, 5.74) is 7.13. The van der Waals surface area contributed by atoms with Gasteiger partial charge in [0.25, 0.3) is 0 Å². The number of ether oxygens (including phenoxy) is 1. The molecule has 0 bridgehead atoms. The first-order chi connectivity index (χ1) is 16.7. The molecule has 0 radical (unpaired) electrons. The van der Waals surface area contributed by atoms with Gasteiger partial charge < -0.3 is 4.74 Å². The number of carbonyl (C=O) groups is 1. The first kappa shape index (κ1) is 19.5. The van der Waals surface area contributed by atoms with Gasteiger partial charge in [0.05, 0.1) is 6.61 Å². The van der Waals surface area contributed by atoms with E-state index in [4.69, 9.17) is 4.74 Å². The molecule has 0 saturated heterocycles. The summed E-state index contributed by atoms with van der Waals surface area (Å²) < 4.78 is 10.3. The summed E-state index contributed by atoms with van der Waals surface area (Å²) in [7, 11) is 0. The number of aryl methyl sites for hydroxylation is 1. The standard InChI is InChI=1S/C30H25N2O2/c33-29(23-10-9-20-5-1-2-6-21(20)15-23)18-31-19-32(28-8-4-3-7-27(28)31)26-12-11-22-16-24-13-14-34-30(24)17-25(22)26/h1-10,15-17,19,26H,11-14,18H2/q+1. The summed E-state index contributed by atoms with van der Waals surface area (Å²) in [4.78, 5) is 13.3. The van der Waals surface area contributed by atoms with Crippen molar-refractivity contribution in [3.05, 3.63) is 107 Å². The first-order valence-corrected chi connectivity index (χ1v) is 12.0. The van der Waals surface area contributed by atoms with E-state index in [2.05, 4.69) is 57.9 Å². The Bertz CT molecular complexity index is 1600. The number of imidazole rings is 1. The van der Waals surface area contributed by atoms with Crippen LogP contribution in [-0.2, 0) is 19.4 Å². The molecule has 1 atom stereocenters. The van der Waals surface area contributed by atoms with E-state index >= 15 is 0 Å². The molecule has 4 heteroatoms. The van der Waals surface area contributed by atoms with Crippen molar-refractivity contribution in [2.24, 2.45) is 0 Å². The number of para-hydroxylation sites is 2. The van der Waals surface area contributed by atoms with Gasteiger partial charge in [-0.2, -0.15) is 0 Å². The number of hydrogen-bond acceptors (Lipinski definition) is 2. The lowest BCUT2D eigenvalue weighted by Crippen LogP contribution is -2.37. The number of hydrogen-bond donors (Lipinski definition) is 0. The normalized spacial score (nSPS) is 16.5. The van der Waals surface area contributed by atoms with Gasteiger partial charge >= 0.3 is 0 Å². The SMILES string of the molecule is O=C(C[n+]1cn(C2CCc3cc4c(cc32)OCC4)c2ccccc21)c1ccc2ccccc2c1. The largest absolute Gasteiger partial charge is 0.493 e. The van der Waals surface area contributed by atoms with E-state index in [1.165, 1.54) is 16.7 Å². The lowest BCUT2D eigenvalue weighted by molar-refractivity contribution is -0.658. The summed E-state index contributed by atoms with van der Waals surface area (Å²) in [6.45, 7) is 1.10. The van der Waals surface area contributed by atoms with Crippen LogP contribution in [0.25, 0.3) is 21.8 Å². The van der Waals surface area contributed by atoms with Crippen LogP contribution in [0.3, 0.4) is 0 Å². The molecule has 1 aliphatic heterocycles. The lowest BCUT2D eigenvalue weighted by atomic mass is 10.0. The Hall–Kier alpha value is -3.92. The Morgan fingerprint density at radius 3 is 2.71 bits per heavy atom. The molecular weight excluding hydrogens is 420 g/mol. The van der Waals surface area contributed by atoms with Crippen LogP contribution in [0.15, 0.2) is 85.2 Å². The van der Waals surface area contributed by atoms with E-state index in [9.17, 15) is 4.79 Å². The highest BCUT2D eigenvalue weighted by atomic mass is 16.5. The second kappa shape index (κ2) is 7.56. The van der Waals surface area contributed by atoms with Crippen LogP contribution in [0, 0.1) is 0 Å². The highest BCUT2D eigenvalue weighted by Gasteiger charge is 2.33. The summed E-state index contributed by atoms with van der Waals surface area (Å²) >= 11 is 0. The second-order valence-corrected chi connectivity index (χ2v) is 9.44. The predicted molar refractivity (Wildman–Crippen MR) is 133 cm³/mol.